The molecule has 0 aliphatic carbocycles. The third kappa shape index (κ3) is 2.63. The lowest BCUT2D eigenvalue weighted by Gasteiger charge is -2.25. The van der Waals surface area contributed by atoms with E-state index in [1.165, 1.54) is 6.07 Å². The molecule has 0 amide bonds. The SMILES string of the molecule is CN(C)c1cccc2c(S(=O)(=O)N3CCC[C@@H]3C(=O)[O-])cccc12. The second-order valence-corrected chi connectivity index (χ2v) is 7.97. The van der Waals surface area contributed by atoms with E-state index >= 15 is 0 Å². The van der Waals surface area contributed by atoms with Gasteiger partial charge in [0, 0.05) is 37.1 Å². The minimum absolute atomic E-state index is 0.136. The van der Waals surface area contributed by atoms with Crippen LogP contribution in [0.5, 0.6) is 0 Å². The van der Waals surface area contributed by atoms with E-state index in [1.54, 1.807) is 18.2 Å². The first kappa shape index (κ1) is 16.7. The van der Waals surface area contributed by atoms with Crippen LogP contribution >= 0.6 is 0 Å². The lowest BCUT2D eigenvalue weighted by molar-refractivity contribution is -0.309. The minimum atomic E-state index is -3.91. The van der Waals surface area contributed by atoms with Gasteiger partial charge in [-0.2, -0.15) is 4.31 Å². The maximum Gasteiger partial charge on any atom is 0.244 e. The predicted octanol–water partition coefficient (Wildman–Crippen LogP) is 0.809. The Morgan fingerprint density at radius 3 is 2.50 bits per heavy atom. The number of nitrogens with zero attached hydrogens (tertiary/aromatic N) is 2. The summed E-state index contributed by atoms with van der Waals surface area (Å²) in [4.78, 5) is 13.3. The number of rotatable bonds is 4. The summed E-state index contributed by atoms with van der Waals surface area (Å²) in [6.45, 7) is 0.199. The van der Waals surface area contributed by atoms with Gasteiger partial charge in [-0.15, -0.1) is 0 Å². The average Bonchev–Trinajstić information content (AvgIpc) is 3.04. The number of anilines is 1. The molecule has 7 heteroatoms. The molecule has 1 aliphatic rings. The first-order valence-corrected chi connectivity index (χ1v) is 9.20. The van der Waals surface area contributed by atoms with Crippen LogP contribution in [0.15, 0.2) is 41.3 Å². The van der Waals surface area contributed by atoms with E-state index in [0.29, 0.717) is 11.8 Å². The molecule has 1 heterocycles. The molecule has 0 unspecified atom stereocenters. The van der Waals surface area contributed by atoms with Crippen molar-refractivity contribution in [2.75, 3.05) is 25.5 Å². The summed E-state index contributed by atoms with van der Waals surface area (Å²) in [5.74, 6) is -1.34. The molecule has 2 aromatic carbocycles. The van der Waals surface area contributed by atoms with Gasteiger partial charge in [0.2, 0.25) is 10.0 Å². The topological polar surface area (TPSA) is 80.8 Å². The highest BCUT2D eigenvalue weighted by molar-refractivity contribution is 7.89. The number of carbonyl (C=O) groups excluding carboxylic acids is 1. The summed E-state index contributed by atoms with van der Waals surface area (Å²) in [6.07, 6.45) is 0.806. The van der Waals surface area contributed by atoms with Gasteiger partial charge in [0.25, 0.3) is 0 Å². The van der Waals surface area contributed by atoms with Crippen LogP contribution in [0.3, 0.4) is 0 Å². The number of hydrogen-bond acceptors (Lipinski definition) is 5. The molecule has 0 aromatic heterocycles. The summed E-state index contributed by atoms with van der Waals surface area (Å²) in [6, 6.07) is 9.45. The Labute approximate surface area is 141 Å². The van der Waals surface area contributed by atoms with Gasteiger partial charge in [0.05, 0.1) is 16.9 Å². The lowest BCUT2D eigenvalue weighted by Crippen LogP contribution is -2.46. The number of hydrogen-bond donors (Lipinski definition) is 0. The second kappa shape index (κ2) is 6.07. The summed E-state index contributed by atoms with van der Waals surface area (Å²) >= 11 is 0. The number of sulfonamides is 1. The van der Waals surface area contributed by atoms with Crippen molar-refractivity contribution >= 4 is 32.5 Å². The Morgan fingerprint density at radius 2 is 1.83 bits per heavy atom. The maximum atomic E-state index is 13.1. The van der Waals surface area contributed by atoms with Crippen molar-refractivity contribution in [3.63, 3.8) is 0 Å². The Hall–Kier alpha value is -2.12. The molecule has 0 N–H and O–H groups in total. The van der Waals surface area contributed by atoms with Crippen LogP contribution in [0.1, 0.15) is 12.8 Å². The fourth-order valence-corrected chi connectivity index (χ4v) is 5.12. The number of benzene rings is 2. The highest BCUT2D eigenvalue weighted by Crippen LogP contribution is 2.33. The monoisotopic (exact) mass is 347 g/mol. The summed E-state index contributed by atoms with van der Waals surface area (Å²) in [5, 5.41) is 12.7. The van der Waals surface area contributed by atoms with Crippen LogP contribution in [0.2, 0.25) is 0 Å². The van der Waals surface area contributed by atoms with Gasteiger partial charge >= 0.3 is 0 Å². The van der Waals surface area contributed by atoms with Crippen molar-refractivity contribution in [2.45, 2.75) is 23.8 Å². The summed E-state index contributed by atoms with van der Waals surface area (Å²) < 4.78 is 27.2. The first-order chi connectivity index (χ1) is 11.3. The fraction of sp³-hybridized carbons (Fsp3) is 0.353. The maximum absolute atomic E-state index is 13.1. The Bertz CT molecular complexity index is 893. The summed E-state index contributed by atoms with van der Waals surface area (Å²) in [7, 11) is -0.125. The molecule has 2 aromatic rings. The van der Waals surface area contributed by atoms with Crippen molar-refractivity contribution in [2.24, 2.45) is 0 Å². The molecule has 3 rings (SSSR count). The molecule has 1 aliphatic heterocycles. The van der Waals surface area contributed by atoms with Crippen LogP contribution in [0, 0.1) is 0 Å². The van der Waals surface area contributed by atoms with Gasteiger partial charge in [-0.1, -0.05) is 24.3 Å². The van der Waals surface area contributed by atoms with Crippen molar-refractivity contribution < 1.29 is 18.3 Å². The van der Waals surface area contributed by atoms with Crippen LogP contribution in [0.25, 0.3) is 10.8 Å². The standard InChI is InChI=1S/C17H20N2O4S/c1-18(2)14-8-3-7-13-12(14)6-4-10-16(13)24(22,23)19-11-5-9-15(19)17(20)21/h3-4,6-8,10,15H,5,9,11H2,1-2H3,(H,20,21)/p-1/t15-/m1/s1. The molecule has 1 saturated heterocycles. The number of carbonyl (C=O) groups is 1. The van der Waals surface area contributed by atoms with Gasteiger partial charge in [-0.25, -0.2) is 8.42 Å². The van der Waals surface area contributed by atoms with Crippen molar-refractivity contribution in [3.8, 4) is 0 Å². The van der Waals surface area contributed by atoms with Crippen LogP contribution in [-0.4, -0.2) is 45.4 Å². The van der Waals surface area contributed by atoms with Crippen LogP contribution < -0.4 is 10.0 Å². The number of carboxylic acids is 1. The third-order valence-corrected chi connectivity index (χ3v) is 6.37. The number of fused-ring (bicyclic) bond motifs is 1. The van der Waals surface area contributed by atoms with Gasteiger partial charge in [-0.3, -0.25) is 0 Å². The largest absolute Gasteiger partial charge is 0.548 e. The van der Waals surface area contributed by atoms with Crippen molar-refractivity contribution in [1.82, 2.24) is 4.31 Å². The average molecular weight is 347 g/mol. The zero-order valence-corrected chi connectivity index (χ0v) is 14.4. The second-order valence-electron chi connectivity index (χ2n) is 6.12. The van der Waals surface area contributed by atoms with E-state index in [0.717, 1.165) is 15.4 Å². The molecule has 128 valence electrons. The molecule has 0 bridgehead atoms. The highest BCUT2D eigenvalue weighted by atomic mass is 32.2. The van der Waals surface area contributed by atoms with Crippen molar-refractivity contribution in [3.05, 3.63) is 36.4 Å². The first-order valence-electron chi connectivity index (χ1n) is 7.76. The van der Waals surface area contributed by atoms with E-state index in [2.05, 4.69) is 0 Å². The number of aliphatic carboxylic acids is 1. The van der Waals surface area contributed by atoms with Crippen LogP contribution in [-0.2, 0) is 14.8 Å². The van der Waals surface area contributed by atoms with Gasteiger partial charge < -0.3 is 14.8 Å². The molecule has 0 saturated carbocycles. The van der Waals surface area contributed by atoms with Gasteiger partial charge in [0.15, 0.2) is 0 Å². The predicted molar refractivity (Wildman–Crippen MR) is 90.2 cm³/mol. The minimum Gasteiger partial charge on any atom is -0.548 e. The normalized spacial score (nSPS) is 18.8. The van der Waals surface area contributed by atoms with Crippen LogP contribution in [0.4, 0.5) is 5.69 Å². The quantitative estimate of drug-likeness (QED) is 0.817. The lowest BCUT2D eigenvalue weighted by atomic mass is 10.1. The van der Waals surface area contributed by atoms with Gasteiger partial charge in [-0.05, 0) is 25.0 Å². The zero-order chi connectivity index (χ0) is 17.5. The van der Waals surface area contributed by atoms with E-state index in [4.69, 9.17) is 0 Å². The molecule has 0 spiro atoms. The number of carboxylic acid groups (broad SMARTS) is 1. The molecular weight excluding hydrogens is 328 g/mol. The van der Waals surface area contributed by atoms with Gasteiger partial charge in [0.1, 0.15) is 0 Å². The molecule has 24 heavy (non-hydrogen) atoms. The van der Waals surface area contributed by atoms with E-state index in [1.807, 2.05) is 31.1 Å². The fourth-order valence-electron chi connectivity index (χ4n) is 3.27. The molecule has 1 atom stereocenters. The molecule has 1 fully saturated rings. The van der Waals surface area contributed by atoms with E-state index in [9.17, 15) is 18.3 Å². The van der Waals surface area contributed by atoms with E-state index < -0.39 is 22.0 Å². The van der Waals surface area contributed by atoms with Crippen molar-refractivity contribution in [1.29, 1.82) is 0 Å². The van der Waals surface area contributed by atoms with E-state index in [-0.39, 0.29) is 17.9 Å². The Kier molecular flexibility index (Phi) is 4.23. The molecular formula is C17H19N2O4S-. The highest BCUT2D eigenvalue weighted by Gasteiger charge is 2.36. The Morgan fingerprint density at radius 1 is 1.17 bits per heavy atom. The zero-order valence-electron chi connectivity index (χ0n) is 13.6. The third-order valence-electron chi connectivity index (χ3n) is 4.40. The molecule has 6 nitrogen and oxygen atoms in total. The molecule has 0 radical (unpaired) electrons. The smallest absolute Gasteiger partial charge is 0.244 e. The Balaban J connectivity index is 2.19. The summed E-state index contributed by atoms with van der Waals surface area (Å²) in [5.41, 5.74) is 0.905.